The molecule has 0 aliphatic heterocycles. The summed E-state index contributed by atoms with van der Waals surface area (Å²) in [7, 11) is 0. The molecule has 1 heterocycles. The lowest BCUT2D eigenvalue weighted by Gasteiger charge is -2.40. The van der Waals surface area contributed by atoms with E-state index in [4.69, 9.17) is 5.73 Å². The van der Waals surface area contributed by atoms with Crippen LogP contribution in [0.2, 0.25) is 0 Å². The molecular weight excluding hydrogens is 264 g/mol. The molecule has 21 heavy (non-hydrogen) atoms. The Morgan fingerprint density at radius 2 is 2.05 bits per heavy atom. The van der Waals surface area contributed by atoms with E-state index in [2.05, 4.69) is 25.8 Å². The molecule has 0 radical (unpaired) electrons. The van der Waals surface area contributed by atoms with Crippen LogP contribution in [0.5, 0.6) is 0 Å². The number of anilines is 1. The Kier molecular flexibility index (Phi) is 4.26. The number of nitrogens with two attached hydrogens (primary N) is 1. The van der Waals surface area contributed by atoms with Gasteiger partial charge in [-0.2, -0.15) is 0 Å². The van der Waals surface area contributed by atoms with Crippen molar-refractivity contribution in [3.05, 3.63) is 23.4 Å². The number of carbonyl (C=O) groups is 1. The first-order valence-corrected chi connectivity index (χ1v) is 7.65. The monoisotopic (exact) mass is 290 g/mol. The van der Waals surface area contributed by atoms with E-state index in [-0.39, 0.29) is 17.3 Å². The van der Waals surface area contributed by atoms with E-state index in [0.29, 0.717) is 11.7 Å². The Morgan fingerprint density at radius 3 is 2.62 bits per heavy atom. The molecule has 1 aliphatic carbocycles. The first-order chi connectivity index (χ1) is 9.70. The summed E-state index contributed by atoms with van der Waals surface area (Å²) in [6, 6.07) is 2.01. The van der Waals surface area contributed by atoms with Crippen molar-refractivity contribution in [1.29, 1.82) is 0 Å². The first-order valence-electron chi connectivity index (χ1n) is 7.65. The van der Waals surface area contributed by atoms with Gasteiger partial charge in [0.25, 0.3) is 0 Å². The van der Waals surface area contributed by atoms with Crippen molar-refractivity contribution >= 4 is 11.8 Å². The number of rotatable bonds is 2. The van der Waals surface area contributed by atoms with Crippen LogP contribution in [-0.2, 0) is 4.79 Å². The molecule has 1 aromatic rings. The second-order valence-corrected chi connectivity index (χ2v) is 7.41. The average Bonchev–Trinajstić information content (AvgIpc) is 2.39. The summed E-state index contributed by atoms with van der Waals surface area (Å²) in [5.74, 6) is -0.111. The Labute approximate surface area is 126 Å². The molecular formula is C17H26N2O2. The van der Waals surface area contributed by atoms with Gasteiger partial charge in [-0.15, -0.1) is 0 Å². The van der Waals surface area contributed by atoms with E-state index in [1.165, 1.54) is 0 Å². The van der Waals surface area contributed by atoms with Gasteiger partial charge < -0.3 is 10.8 Å². The van der Waals surface area contributed by atoms with Gasteiger partial charge in [-0.3, -0.25) is 4.79 Å². The van der Waals surface area contributed by atoms with Gasteiger partial charge in [-0.25, -0.2) is 4.98 Å². The third kappa shape index (κ3) is 3.36. The van der Waals surface area contributed by atoms with Crippen LogP contribution in [0.4, 0.5) is 5.82 Å². The standard InChI is InChI=1S/C17H26N2O2/c1-10-7-14(15(18)19-9-10)13-8-11(17(2,3)4)5-6-12(13)16(20)21/h7,9,11-13H,5-6,8H2,1-4H3,(H2,18,19)(H,20,21). The van der Waals surface area contributed by atoms with Crippen molar-refractivity contribution in [1.82, 2.24) is 4.98 Å². The molecule has 4 nitrogen and oxygen atoms in total. The molecule has 3 atom stereocenters. The maximum atomic E-state index is 11.6. The minimum absolute atomic E-state index is 0.0344. The Balaban J connectivity index is 2.38. The number of carboxylic acids is 1. The third-order valence-corrected chi connectivity index (χ3v) is 4.88. The summed E-state index contributed by atoms with van der Waals surface area (Å²) in [5.41, 5.74) is 8.16. The lowest BCUT2D eigenvalue weighted by atomic mass is 9.64. The molecule has 0 amide bonds. The number of hydrogen-bond donors (Lipinski definition) is 2. The molecule has 0 aromatic carbocycles. The number of aromatic nitrogens is 1. The smallest absolute Gasteiger partial charge is 0.307 e. The van der Waals surface area contributed by atoms with Crippen molar-refractivity contribution < 1.29 is 9.90 Å². The van der Waals surface area contributed by atoms with Crippen LogP contribution < -0.4 is 5.73 Å². The minimum atomic E-state index is -0.715. The molecule has 0 bridgehead atoms. The summed E-state index contributed by atoms with van der Waals surface area (Å²) < 4.78 is 0. The van der Waals surface area contributed by atoms with Crippen molar-refractivity contribution in [2.45, 2.75) is 52.9 Å². The molecule has 4 heteroatoms. The van der Waals surface area contributed by atoms with Crippen LogP contribution in [0, 0.1) is 24.2 Å². The molecule has 0 saturated heterocycles. The quantitative estimate of drug-likeness (QED) is 0.872. The van der Waals surface area contributed by atoms with Gasteiger partial charge >= 0.3 is 5.97 Å². The van der Waals surface area contributed by atoms with Gasteiger partial charge in [-0.1, -0.05) is 26.8 Å². The molecule has 0 spiro atoms. The highest BCUT2D eigenvalue weighted by atomic mass is 16.4. The topological polar surface area (TPSA) is 76.2 Å². The highest BCUT2D eigenvalue weighted by molar-refractivity contribution is 5.72. The van der Waals surface area contributed by atoms with Crippen LogP contribution in [0.15, 0.2) is 12.3 Å². The van der Waals surface area contributed by atoms with Crippen molar-refractivity contribution in [3.8, 4) is 0 Å². The maximum Gasteiger partial charge on any atom is 0.307 e. The molecule has 2 rings (SSSR count). The predicted octanol–water partition coefficient (Wildman–Crippen LogP) is 3.60. The Hall–Kier alpha value is -1.58. The van der Waals surface area contributed by atoms with Crippen LogP contribution >= 0.6 is 0 Å². The van der Waals surface area contributed by atoms with E-state index in [0.717, 1.165) is 30.4 Å². The molecule has 3 unspecified atom stereocenters. The van der Waals surface area contributed by atoms with Gasteiger partial charge in [0.2, 0.25) is 0 Å². The van der Waals surface area contributed by atoms with Crippen LogP contribution in [0.25, 0.3) is 0 Å². The van der Waals surface area contributed by atoms with Gasteiger partial charge in [0, 0.05) is 12.1 Å². The first kappa shape index (κ1) is 15.8. The number of hydrogen-bond acceptors (Lipinski definition) is 3. The molecule has 1 fully saturated rings. The number of aliphatic carboxylic acids is 1. The molecule has 1 saturated carbocycles. The van der Waals surface area contributed by atoms with Gasteiger partial charge in [0.1, 0.15) is 5.82 Å². The zero-order valence-electron chi connectivity index (χ0n) is 13.4. The van der Waals surface area contributed by atoms with Crippen LogP contribution in [0.1, 0.15) is 57.1 Å². The normalized spacial score (nSPS) is 26.6. The van der Waals surface area contributed by atoms with E-state index in [1.54, 1.807) is 6.20 Å². The zero-order chi connectivity index (χ0) is 15.8. The largest absolute Gasteiger partial charge is 0.481 e. The number of nitrogen functional groups attached to an aromatic ring is 1. The van der Waals surface area contributed by atoms with E-state index >= 15 is 0 Å². The Morgan fingerprint density at radius 1 is 1.38 bits per heavy atom. The second-order valence-electron chi connectivity index (χ2n) is 7.41. The fourth-order valence-electron chi connectivity index (χ4n) is 3.50. The highest BCUT2D eigenvalue weighted by Crippen LogP contribution is 2.47. The average molecular weight is 290 g/mol. The molecule has 1 aromatic heterocycles. The second kappa shape index (κ2) is 5.66. The molecule has 1 aliphatic rings. The number of nitrogens with zero attached hydrogens (tertiary/aromatic N) is 1. The summed E-state index contributed by atoms with van der Waals surface area (Å²) in [6.07, 6.45) is 4.29. The summed E-state index contributed by atoms with van der Waals surface area (Å²) >= 11 is 0. The van der Waals surface area contributed by atoms with Gasteiger partial charge in [-0.05, 0) is 48.6 Å². The number of carboxylic acid groups (broad SMARTS) is 1. The highest BCUT2D eigenvalue weighted by Gasteiger charge is 2.40. The summed E-state index contributed by atoms with van der Waals surface area (Å²) in [5, 5.41) is 9.56. The van der Waals surface area contributed by atoms with Crippen LogP contribution in [0.3, 0.4) is 0 Å². The molecule has 3 N–H and O–H groups in total. The third-order valence-electron chi connectivity index (χ3n) is 4.88. The van der Waals surface area contributed by atoms with Crippen molar-refractivity contribution in [3.63, 3.8) is 0 Å². The lowest BCUT2D eigenvalue weighted by molar-refractivity contribution is -0.144. The zero-order valence-corrected chi connectivity index (χ0v) is 13.4. The van der Waals surface area contributed by atoms with Gasteiger partial charge in [0.15, 0.2) is 0 Å². The SMILES string of the molecule is Cc1cnc(N)c(C2CC(C(C)(C)C)CCC2C(=O)O)c1. The fourth-order valence-corrected chi connectivity index (χ4v) is 3.50. The summed E-state index contributed by atoms with van der Waals surface area (Å²) in [6.45, 7) is 8.66. The predicted molar refractivity (Wildman–Crippen MR) is 84.0 cm³/mol. The summed E-state index contributed by atoms with van der Waals surface area (Å²) in [4.78, 5) is 15.8. The van der Waals surface area contributed by atoms with E-state index in [9.17, 15) is 9.90 Å². The minimum Gasteiger partial charge on any atom is -0.481 e. The Bertz CT molecular complexity index is 534. The van der Waals surface area contributed by atoms with Gasteiger partial charge in [0.05, 0.1) is 5.92 Å². The number of pyridine rings is 1. The lowest BCUT2D eigenvalue weighted by Crippen LogP contribution is -2.34. The van der Waals surface area contributed by atoms with Crippen molar-refractivity contribution in [2.24, 2.45) is 17.3 Å². The van der Waals surface area contributed by atoms with E-state index < -0.39 is 5.97 Å². The maximum absolute atomic E-state index is 11.6. The van der Waals surface area contributed by atoms with E-state index in [1.807, 2.05) is 13.0 Å². The fraction of sp³-hybridized carbons (Fsp3) is 0.647. The molecule has 116 valence electrons. The van der Waals surface area contributed by atoms with Crippen molar-refractivity contribution in [2.75, 3.05) is 5.73 Å². The van der Waals surface area contributed by atoms with Crippen LogP contribution in [-0.4, -0.2) is 16.1 Å². The number of aryl methyl sites for hydroxylation is 1.